The van der Waals surface area contributed by atoms with Crippen LogP contribution < -0.4 is 5.32 Å². The van der Waals surface area contributed by atoms with Crippen molar-refractivity contribution in [1.82, 2.24) is 24.9 Å². The second-order valence-electron chi connectivity index (χ2n) is 5.67. The van der Waals surface area contributed by atoms with Crippen LogP contribution in [0.4, 0.5) is 5.82 Å². The Labute approximate surface area is 139 Å². The number of halogens is 1. The number of aromatic nitrogens is 4. The monoisotopic (exact) mass is 334 g/mol. The highest BCUT2D eigenvalue weighted by molar-refractivity contribution is 6.30. The molecule has 3 rings (SSSR count). The summed E-state index contributed by atoms with van der Waals surface area (Å²) in [6.07, 6.45) is 6.92. The summed E-state index contributed by atoms with van der Waals surface area (Å²) in [5, 5.41) is 11.8. The first kappa shape index (κ1) is 15.9. The molecule has 3 heterocycles. The second kappa shape index (κ2) is 7.06. The third-order valence-corrected chi connectivity index (χ3v) is 4.32. The van der Waals surface area contributed by atoms with Crippen LogP contribution in [-0.4, -0.2) is 49.9 Å². The molecule has 1 saturated heterocycles. The maximum absolute atomic E-state index is 12.4. The van der Waals surface area contributed by atoms with Gasteiger partial charge in [-0.3, -0.25) is 9.69 Å². The molecule has 0 unspecified atom stereocenters. The van der Waals surface area contributed by atoms with Crippen LogP contribution in [0.3, 0.4) is 0 Å². The largest absolute Gasteiger partial charge is 0.309 e. The van der Waals surface area contributed by atoms with Crippen molar-refractivity contribution in [3.8, 4) is 0 Å². The van der Waals surface area contributed by atoms with Crippen molar-refractivity contribution >= 4 is 23.3 Å². The molecule has 23 heavy (non-hydrogen) atoms. The van der Waals surface area contributed by atoms with Crippen molar-refractivity contribution in [3.63, 3.8) is 0 Å². The molecule has 1 amide bonds. The van der Waals surface area contributed by atoms with Crippen LogP contribution in [-0.2, 0) is 4.79 Å². The number of hydrogen-bond donors (Lipinski definition) is 1. The molecule has 0 radical (unpaired) electrons. The normalized spacial score (nSPS) is 20.2. The zero-order valence-electron chi connectivity index (χ0n) is 12.9. The van der Waals surface area contributed by atoms with Crippen molar-refractivity contribution in [2.75, 3.05) is 18.4 Å². The summed E-state index contributed by atoms with van der Waals surface area (Å²) in [4.78, 5) is 20.4. The van der Waals surface area contributed by atoms with Crippen molar-refractivity contribution in [2.45, 2.75) is 31.8 Å². The van der Waals surface area contributed by atoms with Gasteiger partial charge in [-0.05, 0) is 38.4 Å². The first-order valence-corrected chi connectivity index (χ1v) is 8.03. The quantitative estimate of drug-likeness (QED) is 0.925. The van der Waals surface area contributed by atoms with Gasteiger partial charge >= 0.3 is 0 Å². The van der Waals surface area contributed by atoms with Crippen LogP contribution in [0.15, 0.2) is 30.7 Å². The fourth-order valence-electron chi connectivity index (χ4n) is 2.78. The van der Waals surface area contributed by atoms with Crippen LogP contribution in [0.25, 0.3) is 0 Å². The van der Waals surface area contributed by atoms with Crippen molar-refractivity contribution in [1.29, 1.82) is 0 Å². The van der Waals surface area contributed by atoms with E-state index in [0.29, 0.717) is 10.8 Å². The summed E-state index contributed by atoms with van der Waals surface area (Å²) in [7, 11) is 0. The smallest absolute Gasteiger partial charge is 0.242 e. The molecular formula is C15H19ClN6O. The summed E-state index contributed by atoms with van der Waals surface area (Å²) in [5.74, 6) is 0.433. The summed E-state index contributed by atoms with van der Waals surface area (Å²) < 4.78 is 0. The maximum atomic E-state index is 12.4. The molecule has 2 aromatic heterocycles. The van der Waals surface area contributed by atoms with Gasteiger partial charge in [0.1, 0.15) is 5.82 Å². The number of pyridine rings is 1. The number of amides is 1. The Bertz CT molecular complexity index is 644. The fraction of sp³-hybridized carbons (Fsp3) is 0.467. The number of anilines is 1. The van der Waals surface area contributed by atoms with Crippen LogP contribution >= 0.6 is 11.6 Å². The lowest BCUT2D eigenvalue weighted by molar-refractivity contribution is -0.121. The Hall–Kier alpha value is -1.99. The van der Waals surface area contributed by atoms with Crippen LogP contribution in [0.5, 0.6) is 0 Å². The zero-order valence-corrected chi connectivity index (χ0v) is 13.6. The predicted molar refractivity (Wildman–Crippen MR) is 87.2 cm³/mol. The number of likely N-dealkylation sites (tertiary alicyclic amines) is 1. The Morgan fingerprint density at radius 2 is 2.17 bits per heavy atom. The number of nitrogens with zero attached hydrogens (tertiary/aromatic N) is 5. The van der Waals surface area contributed by atoms with Gasteiger partial charge in [-0.15, -0.1) is 0 Å². The van der Waals surface area contributed by atoms with Crippen molar-refractivity contribution < 1.29 is 4.79 Å². The lowest BCUT2D eigenvalue weighted by Crippen LogP contribution is -2.47. The number of nitrogens with one attached hydrogen (secondary N) is 1. The van der Waals surface area contributed by atoms with E-state index in [1.165, 1.54) is 6.20 Å². The van der Waals surface area contributed by atoms with Crippen LogP contribution in [0.2, 0.25) is 5.02 Å². The van der Waals surface area contributed by atoms with E-state index in [2.05, 4.69) is 25.4 Å². The first-order chi connectivity index (χ1) is 11.1. The van der Waals surface area contributed by atoms with Gasteiger partial charge in [0.25, 0.3) is 0 Å². The number of carbonyl (C=O) groups excluding carboxylic acids is 1. The van der Waals surface area contributed by atoms with Crippen LogP contribution in [0, 0.1) is 0 Å². The molecule has 0 saturated carbocycles. The van der Waals surface area contributed by atoms with Gasteiger partial charge in [0, 0.05) is 12.7 Å². The molecule has 1 fully saturated rings. The molecule has 0 aromatic carbocycles. The van der Waals surface area contributed by atoms with E-state index in [1.807, 2.05) is 6.92 Å². The summed E-state index contributed by atoms with van der Waals surface area (Å²) >= 11 is 5.80. The lowest BCUT2D eigenvalue weighted by Gasteiger charge is -2.35. The molecular weight excluding hydrogens is 316 g/mol. The van der Waals surface area contributed by atoms with Gasteiger partial charge in [0.05, 0.1) is 29.5 Å². The molecule has 2 aromatic rings. The minimum atomic E-state index is -0.245. The molecule has 122 valence electrons. The van der Waals surface area contributed by atoms with E-state index < -0.39 is 0 Å². The fourth-order valence-corrected chi connectivity index (χ4v) is 2.90. The third kappa shape index (κ3) is 3.86. The van der Waals surface area contributed by atoms with Gasteiger partial charge in [-0.2, -0.15) is 15.0 Å². The van der Waals surface area contributed by atoms with Crippen LogP contribution in [0.1, 0.15) is 25.8 Å². The highest BCUT2D eigenvalue weighted by atomic mass is 35.5. The highest BCUT2D eigenvalue weighted by Crippen LogP contribution is 2.22. The van der Waals surface area contributed by atoms with Crippen molar-refractivity contribution in [2.24, 2.45) is 0 Å². The molecule has 1 aliphatic rings. The topological polar surface area (TPSA) is 75.9 Å². The molecule has 0 aliphatic carbocycles. The molecule has 0 bridgehead atoms. The number of carbonyl (C=O) groups is 1. The van der Waals surface area contributed by atoms with E-state index in [1.54, 1.807) is 29.3 Å². The third-order valence-electron chi connectivity index (χ3n) is 4.10. The zero-order chi connectivity index (χ0) is 16.2. The molecule has 1 aliphatic heterocycles. The summed E-state index contributed by atoms with van der Waals surface area (Å²) in [6, 6.07) is 3.36. The molecule has 8 heteroatoms. The SMILES string of the molecule is C[C@@H](C(=O)Nc1ccc(Cl)cn1)N1CCC[C@H](n2nccn2)C1. The van der Waals surface area contributed by atoms with Gasteiger partial charge in [-0.25, -0.2) is 4.98 Å². The van der Waals surface area contributed by atoms with Gasteiger partial charge < -0.3 is 5.32 Å². The minimum absolute atomic E-state index is 0.0751. The maximum Gasteiger partial charge on any atom is 0.242 e. The average molecular weight is 335 g/mol. The first-order valence-electron chi connectivity index (χ1n) is 7.66. The highest BCUT2D eigenvalue weighted by Gasteiger charge is 2.29. The summed E-state index contributed by atoms with van der Waals surface area (Å²) in [5.41, 5.74) is 0. The Morgan fingerprint density at radius 3 is 2.87 bits per heavy atom. The van der Waals surface area contributed by atoms with Gasteiger partial charge in [0.2, 0.25) is 5.91 Å². The number of rotatable bonds is 4. The molecule has 7 nitrogen and oxygen atoms in total. The van der Waals surface area contributed by atoms with E-state index in [0.717, 1.165) is 25.9 Å². The molecule has 1 N–H and O–H groups in total. The summed E-state index contributed by atoms with van der Waals surface area (Å²) in [6.45, 7) is 3.56. The van der Waals surface area contributed by atoms with Gasteiger partial charge in [-0.1, -0.05) is 11.6 Å². The average Bonchev–Trinajstić information content (AvgIpc) is 3.11. The molecule has 2 atom stereocenters. The van der Waals surface area contributed by atoms with E-state index in [4.69, 9.17) is 11.6 Å². The Kier molecular flexibility index (Phi) is 4.88. The lowest BCUT2D eigenvalue weighted by atomic mass is 10.0. The Balaban J connectivity index is 1.61. The molecule has 0 spiro atoms. The Morgan fingerprint density at radius 1 is 1.39 bits per heavy atom. The second-order valence-corrected chi connectivity index (χ2v) is 6.10. The van der Waals surface area contributed by atoms with E-state index in [-0.39, 0.29) is 18.0 Å². The number of piperidine rings is 1. The van der Waals surface area contributed by atoms with E-state index >= 15 is 0 Å². The van der Waals surface area contributed by atoms with Crippen molar-refractivity contribution in [3.05, 3.63) is 35.7 Å². The van der Waals surface area contributed by atoms with E-state index in [9.17, 15) is 4.79 Å². The van der Waals surface area contributed by atoms with Gasteiger partial charge in [0.15, 0.2) is 0 Å². The standard InChI is InChI=1S/C15H19ClN6O/c1-11(15(23)20-14-5-4-12(16)9-17-14)21-8-2-3-13(10-21)22-18-6-7-19-22/h4-7,9,11,13H,2-3,8,10H2,1H3,(H,17,20,23)/t11-,13-/m0/s1. The minimum Gasteiger partial charge on any atom is -0.309 e. The number of hydrogen-bond acceptors (Lipinski definition) is 5. The predicted octanol–water partition coefficient (Wildman–Crippen LogP) is 1.99.